The van der Waals surface area contributed by atoms with E-state index in [2.05, 4.69) is 9.97 Å². The third kappa shape index (κ3) is 4.60. The first kappa shape index (κ1) is 31.3. The number of anilines is 2. The van der Waals surface area contributed by atoms with Crippen LogP contribution in [0.2, 0.25) is 0 Å². The molecule has 4 unspecified atom stereocenters. The van der Waals surface area contributed by atoms with Crippen LogP contribution >= 0.6 is 11.3 Å². The van der Waals surface area contributed by atoms with E-state index in [1.807, 2.05) is 4.90 Å². The number of morpholine rings is 1. The normalized spacial score (nSPS) is 26.6. The van der Waals surface area contributed by atoms with Gasteiger partial charge in [0.25, 0.3) is 5.97 Å². The van der Waals surface area contributed by atoms with Crippen LogP contribution in [0, 0.1) is 23.0 Å². The Labute approximate surface area is 271 Å². The van der Waals surface area contributed by atoms with Crippen LogP contribution in [-0.2, 0) is 10.9 Å². The van der Waals surface area contributed by atoms with E-state index in [-0.39, 0.29) is 59.0 Å². The molecule has 2 aromatic heterocycles. The predicted molar refractivity (Wildman–Crippen MR) is 161 cm³/mol. The number of nitrogens with two attached hydrogens (primary N) is 1. The highest BCUT2D eigenvalue weighted by atomic mass is 32.1. The van der Waals surface area contributed by atoms with Crippen molar-refractivity contribution in [1.29, 1.82) is 5.26 Å². The summed E-state index contributed by atoms with van der Waals surface area (Å²) >= 11 is 0.650. The van der Waals surface area contributed by atoms with Gasteiger partial charge in [-0.1, -0.05) is 6.07 Å². The fourth-order valence-corrected chi connectivity index (χ4v) is 8.86. The second kappa shape index (κ2) is 10.5. The molecule has 10 nitrogen and oxygen atoms in total. The van der Waals surface area contributed by atoms with Gasteiger partial charge in [-0.15, -0.1) is 11.3 Å². The highest BCUT2D eigenvalue weighted by Crippen LogP contribution is 2.49. The molecule has 4 fully saturated rings. The molecule has 6 heterocycles. The lowest BCUT2D eigenvalue weighted by Gasteiger charge is -2.36. The Morgan fingerprint density at radius 2 is 2.00 bits per heavy atom. The number of ether oxygens (including phenoxy) is 2. The fourth-order valence-electron chi connectivity index (χ4n) is 7.91. The molecule has 2 aromatic carbocycles. The molecule has 0 amide bonds. The number of halogens is 6. The molecule has 48 heavy (non-hydrogen) atoms. The number of nitrogen functional groups attached to an aromatic ring is 1. The molecule has 4 saturated heterocycles. The number of rotatable bonds is 5. The van der Waals surface area contributed by atoms with Crippen LogP contribution in [0.15, 0.2) is 18.2 Å². The number of fused-ring (bicyclic) bond motifs is 5. The number of thiophene rings is 1. The number of hydrogen-bond acceptors (Lipinski definition) is 11. The predicted octanol–water partition coefficient (Wildman–Crippen LogP) is 4.83. The number of alkyl halides is 4. The van der Waals surface area contributed by atoms with E-state index in [4.69, 9.17) is 15.2 Å². The third-order valence-electron chi connectivity index (χ3n) is 9.93. The minimum atomic E-state index is -5.17. The first-order valence-corrected chi connectivity index (χ1v) is 16.0. The van der Waals surface area contributed by atoms with Gasteiger partial charge in [0.1, 0.15) is 47.0 Å². The van der Waals surface area contributed by atoms with E-state index in [1.54, 1.807) is 6.07 Å². The second-order valence-corrected chi connectivity index (χ2v) is 13.8. The summed E-state index contributed by atoms with van der Waals surface area (Å²) in [5.41, 5.74) is 1.46. The van der Waals surface area contributed by atoms with Crippen molar-refractivity contribution in [2.45, 2.75) is 61.7 Å². The van der Waals surface area contributed by atoms with Crippen LogP contribution < -0.4 is 15.4 Å². The zero-order valence-corrected chi connectivity index (χ0v) is 25.6. The molecule has 4 aromatic rings. The average Bonchev–Trinajstić information content (AvgIpc) is 3.81. The number of benzene rings is 2. The summed E-state index contributed by atoms with van der Waals surface area (Å²) in [4.78, 5) is 11.9. The Bertz CT molecular complexity index is 2050. The third-order valence-corrected chi connectivity index (χ3v) is 11.0. The second-order valence-electron chi connectivity index (χ2n) is 12.8. The summed E-state index contributed by atoms with van der Waals surface area (Å²) in [6.45, 7) is 0.789. The van der Waals surface area contributed by atoms with Gasteiger partial charge in [0.2, 0.25) is 0 Å². The van der Waals surface area contributed by atoms with Gasteiger partial charge in [-0.3, -0.25) is 4.90 Å². The van der Waals surface area contributed by atoms with Crippen LogP contribution in [0.3, 0.4) is 0 Å². The van der Waals surface area contributed by atoms with Crippen LogP contribution in [0.25, 0.3) is 32.1 Å². The van der Waals surface area contributed by atoms with Crippen molar-refractivity contribution in [1.82, 2.24) is 14.9 Å². The molecule has 2 bridgehead atoms. The fraction of sp³-hybridized carbons (Fsp3) is 0.452. The SMILES string of the molecule is N#Cc1c(N)sc2c(F)ccc(-c3c(C(F)(F)F)cc4c(N5CC6CC5C(O)(O)O6)nc(OCC56CCCN5CC(F)C6)nc4c3F)c12. The Morgan fingerprint density at radius 1 is 1.21 bits per heavy atom. The van der Waals surface area contributed by atoms with Gasteiger partial charge in [-0.25, -0.2) is 13.2 Å². The molecule has 0 radical (unpaired) electrons. The molecular weight excluding hydrogens is 666 g/mol. The minimum absolute atomic E-state index is 0.0106. The molecular formula is C31H26F6N6O4S. The number of nitriles is 1. The van der Waals surface area contributed by atoms with Gasteiger partial charge in [0.05, 0.1) is 27.5 Å². The van der Waals surface area contributed by atoms with Crippen molar-refractivity contribution in [2.75, 3.05) is 36.9 Å². The highest BCUT2D eigenvalue weighted by molar-refractivity contribution is 7.23. The molecule has 8 rings (SSSR count). The maximum absolute atomic E-state index is 17.0. The first-order chi connectivity index (χ1) is 22.7. The largest absolute Gasteiger partial charge is 0.461 e. The summed E-state index contributed by atoms with van der Waals surface area (Å²) in [5, 5.41) is 29.9. The molecule has 252 valence electrons. The zero-order valence-electron chi connectivity index (χ0n) is 24.8. The van der Waals surface area contributed by atoms with Gasteiger partial charge in [-0.2, -0.15) is 28.4 Å². The molecule has 4 aliphatic rings. The lowest BCUT2D eigenvalue weighted by molar-refractivity contribution is -0.339. The van der Waals surface area contributed by atoms with Crippen LogP contribution in [-0.4, -0.2) is 81.2 Å². The molecule has 4 N–H and O–H groups in total. The lowest BCUT2D eigenvalue weighted by Crippen LogP contribution is -2.53. The smallest absolute Gasteiger partial charge is 0.417 e. The summed E-state index contributed by atoms with van der Waals surface area (Å²) in [6, 6.07) is 2.67. The van der Waals surface area contributed by atoms with Crippen molar-refractivity contribution < 1.29 is 46.0 Å². The standard InChI is InChI=1S/C31H26F6N6O4S/c32-13-8-29(4-1-5-42(29)10-13)12-46-28-40-24-16(27(41-28)43-11-14-6-20(43)31(44,45)47-14)7-18(30(35,36)37)22(23(24)34)15-2-3-19(33)25-21(15)17(9-38)26(39)48-25/h2-3,7,13-14,20,44-45H,1,4-6,8,10-12,39H2. The summed E-state index contributed by atoms with van der Waals surface area (Å²) in [5.74, 6) is -5.23. The van der Waals surface area contributed by atoms with Crippen LogP contribution in [0.5, 0.6) is 6.01 Å². The van der Waals surface area contributed by atoms with Gasteiger partial charge in [0, 0.05) is 42.3 Å². The van der Waals surface area contributed by atoms with Crippen molar-refractivity contribution in [3.63, 3.8) is 0 Å². The van der Waals surface area contributed by atoms with Crippen molar-refractivity contribution in [3.05, 3.63) is 41.0 Å². The lowest BCUT2D eigenvalue weighted by atomic mass is 9.92. The molecule has 17 heteroatoms. The van der Waals surface area contributed by atoms with Gasteiger partial charge in [0.15, 0.2) is 5.82 Å². The van der Waals surface area contributed by atoms with Gasteiger partial charge < -0.3 is 30.3 Å². The van der Waals surface area contributed by atoms with Gasteiger partial charge in [-0.05, 0) is 37.1 Å². The van der Waals surface area contributed by atoms with Crippen LogP contribution in [0.1, 0.15) is 36.8 Å². The molecule has 4 atom stereocenters. The maximum atomic E-state index is 17.0. The summed E-state index contributed by atoms with van der Waals surface area (Å²) < 4.78 is 102. The molecule has 0 spiro atoms. The van der Waals surface area contributed by atoms with E-state index < -0.39 is 81.2 Å². The molecule has 0 saturated carbocycles. The van der Waals surface area contributed by atoms with E-state index in [9.17, 15) is 37.4 Å². The quantitative estimate of drug-likeness (QED) is 0.197. The summed E-state index contributed by atoms with van der Waals surface area (Å²) in [6.07, 6.45) is -5.25. The van der Waals surface area contributed by atoms with Crippen LogP contribution in [0.4, 0.5) is 37.2 Å². The average molecular weight is 693 g/mol. The minimum Gasteiger partial charge on any atom is -0.461 e. The van der Waals surface area contributed by atoms with Crippen molar-refractivity contribution in [2.24, 2.45) is 0 Å². The Morgan fingerprint density at radius 3 is 2.71 bits per heavy atom. The molecule has 4 aliphatic heterocycles. The summed E-state index contributed by atoms with van der Waals surface area (Å²) in [7, 11) is 0. The first-order valence-electron chi connectivity index (χ1n) is 15.1. The topological polar surface area (TPSA) is 141 Å². The Hall–Kier alpha value is -3.95. The Kier molecular flexibility index (Phi) is 6.87. The monoisotopic (exact) mass is 692 g/mol. The van der Waals surface area contributed by atoms with E-state index in [1.165, 1.54) is 4.90 Å². The number of nitrogens with zero attached hydrogens (tertiary/aromatic N) is 5. The van der Waals surface area contributed by atoms with E-state index in [0.717, 1.165) is 18.6 Å². The number of hydrogen-bond donors (Lipinski definition) is 3. The number of aliphatic hydroxyl groups is 2. The van der Waals surface area contributed by atoms with E-state index >= 15 is 4.39 Å². The van der Waals surface area contributed by atoms with E-state index in [0.29, 0.717) is 30.4 Å². The van der Waals surface area contributed by atoms with Gasteiger partial charge >= 0.3 is 12.2 Å². The number of aromatic nitrogens is 2. The zero-order chi connectivity index (χ0) is 33.9. The van der Waals surface area contributed by atoms with Crippen molar-refractivity contribution >= 4 is 43.1 Å². The highest BCUT2D eigenvalue weighted by Gasteiger charge is 2.56. The maximum Gasteiger partial charge on any atom is 0.417 e. The molecule has 0 aliphatic carbocycles. The Balaban J connectivity index is 1.36. The van der Waals surface area contributed by atoms with Crippen molar-refractivity contribution in [3.8, 4) is 23.2 Å².